The Balaban J connectivity index is -0.00000420. The Kier molecular flexibility index (Phi) is 28.1. The largest absolute Gasteiger partial charge is 1.00 e. The minimum Gasteiger partial charge on any atom is -0.546 e. The molecular formula is C24H45NaO7. The number of rotatable bonds is 20. The standard InChI is InChI=1S/C24H44O6.Na.H2O/c1-4-5-6-7-8-9-10-11-12-13-14-15-16-17-18-19-22(25)29-21(3)24(28)30-20(2)23(26)27;;/h20-21H,4-19H2,1-3H3,(H,26,27);;1H2/q;+1;/p-1. The van der Waals surface area contributed by atoms with Gasteiger partial charge >= 0.3 is 41.5 Å². The van der Waals surface area contributed by atoms with Crippen molar-refractivity contribution in [3.63, 3.8) is 0 Å². The zero-order valence-corrected chi connectivity index (χ0v) is 22.9. The molecule has 0 fully saturated rings. The van der Waals surface area contributed by atoms with E-state index in [-0.39, 0.29) is 41.5 Å². The first kappa shape index (κ1) is 35.9. The second kappa shape index (κ2) is 25.0. The number of hydrogen-bond donors (Lipinski definition) is 0. The van der Waals surface area contributed by atoms with Crippen LogP contribution in [0.15, 0.2) is 0 Å². The van der Waals surface area contributed by atoms with Gasteiger partial charge in [0, 0.05) is 6.42 Å². The van der Waals surface area contributed by atoms with Crippen LogP contribution in [0.1, 0.15) is 124 Å². The molecule has 0 saturated carbocycles. The van der Waals surface area contributed by atoms with Crippen LogP contribution in [-0.4, -0.2) is 35.6 Å². The number of carboxylic acid groups (broad SMARTS) is 1. The number of carbonyl (C=O) groups is 3. The normalized spacial score (nSPS) is 12.1. The van der Waals surface area contributed by atoms with Gasteiger partial charge in [0.15, 0.2) is 6.10 Å². The van der Waals surface area contributed by atoms with Crippen LogP contribution < -0.4 is 34.7 Å². The van der Waals surface area contributed by atoms with E-state index in [0.717, 1.165) is 19.3 Å². The van der Waals surface area contributed by atoms with E-state index >= 15 is 0 Å². The molecule has 0 aliphatic carbocycles. The summed E-state index contributed by atoms with van der Waals surface area (Å²) in [7, 11) is 0. The van der Waals surface area contributed by atoms with Crippen LogP contribution in [0, 0.1) is 0 Å². The quantitative estimate of drug-likeness (QED) is 0.149. The minimum atomic E-state index is -1.49. The van der Waals surface area contributed by atoms with Crippen molar-refractivity contribution in [2.24, 2.45) is 0 Å². The van der Waals surface area contributed by atoms with E-state index in [1.54, 1.807) is 0 Å². The molecule has 0 saturated heterocycles. The smallest absolute Gasteiger partial charge is 0.546 e. The molecule has 2 atom stereocenters. The molecule has 7 nitrogen and oxygen atoms in total. The number of aliphatic carboxylic acids is 1. The zero-order chi connectivity index (χ0) is 22.6. The van der Waals surface area contributed by atoms with Crippen LogP contribution in [0.5, 0.6) is 0 Å². The molecular weight excluding hydrogens is 423 g/mol. The van der Waals surface area contributed by atoms with Gasteiger partial charge in [0.1, 0.15) is 6.10 Å². The van der Waals surface area contributed by atoms with Crippen molar-refractivity contribution >= 4 is 17.9 Å². The molecule has 0 bridgehead atoms. The molecule has 8 heteroatoms. The van der Waals surface area contributed by atoms with Gasteiger partial charge in [-0.1, -0.05) is 96.8 Å². The van der Waals surface area contributed by atoms with Crippen LogP contribution in [0.3, 0.4) is 0 Å². The Hall–Kier alpha value is -0.630. The molecule has 0 radical (unpaired) electrons. The van der Waals surface area contributed by atoms with E-state index in [9.17, 15) is 19.5 Å². The van der Waals surface area contributed by atoms with Crippen molar-refractivity contribution in [1.82, 2.24) is 0 Å². The summed E-state index contributed by atoms with van der Waals surface area (Å²) in [5, 5.41) is 10.6. The fraction of sp³-hybridized carbons (Fsp3) is 0.875. The third kappa shape index (κ3) is 22.6. The summed E-state index contributed by atoms with van der Waals surface area (Å²) >= 11 is 0. The number of hydrogen-bond acceptors (Lipinski definition) is 6. The molecule has 0 aliphatic heterocycles. The van der Waals surface area contributed by atoms with Crippen LogP contribution in [-0.2, 0) is 23.9 Å². The summed E-state index contributed by atoms with van der Waals surface area (Å²) < 4.78 is 9.61. The number of carboxylic acids is 1. The summed E-state index contributed by atoms with van der Waals surface area (Å²) in [4.78, 5) is 33.9. The van der Waals surface area contributed by atoms with E-state index in [1.807, 2.05) is 0 Å². The number of carbonyl (C=O) groups excluding carboxylic acids is 3. The summed E-state index contributed by atoms with van der Waals surface area (Å²) in [6.45, 7) is 4.81. The van der Waals surface area contributed by atoms with Crippen LogP contribution in [0.2, 0.25) is 0 Å². The van der Waals surface area contributed by atoms with E-state index in [2.05, 4.69) is 11.7 Å². The predicted octanol–water partition coefficient (Wildman–Crippen LogP) is 1.04. The Bertz CT molecular complexity index is 471. The van der Waals surface area contributed by atoms with Crippen LogP contribution in [0.4, 0.5) is 0 Å². The summed E-state index contributed by atoms with van der Waals surface area (Å²) in [5.74, 6) is -2.83. The third-order valence-electron chi connectivity index (χ3n) is 5.25. The second-order valence-corrected chi connectivity index (χ2v) is 8.23. The maximum absolute atomic E-state index is 11.8. The Morgan fingerprint density at radius 1 is 0.656 bits per heavy atom. The first-order chi connectivity index (χ1) is 14.4. The Labute approximate surface area is 217 Å². The fourth-order valence-corrected chi connectivity index (χ4v) is 3.26. The minimum absolute atomic E-state index is 0. The molecule has 184 valence electrons. The van der Waals surface area contributed by atoms with Crippen molar-refractivity contribution in [3.05, 3.63) is 0 Å². The van der Waals surface area contributed by atoms with Crippen molar-refractivity contribution in [1.29, 1.82) is 0 Å². The topological polar surface area (TPSA) is 124 Å². The fourth-order valence-electron chi connectivity index (χ4n) is 3.26. The van der Waals surface area contributed by atoms with Gasteiger partial charge in [-0.2, -0.15) is 0 Å². The Morgan fingerprint density at radius 2 is 1.03 bits per heavy atom. The predicted molar refractivity (Wildman–Crippen MR) is 119 cm³/mol. The van der Waals surface area contributed by atoms with Crippen molar-refractivity contribution in [2.75, 3.05) is 0 Å². The number of ether oxygens (including phenoxy) is 2. The van der Waals surface area contributed by atoms with Crippen molar-refractivity contribution < 1.29 is 64.0 Å². The molecule has 0 rings (SSSR count). The van der Waals surface area contributed by atoms with Crippen molar-refractivity contribution in [2.45, 2.75) is 136 Å². The molecule has 0 aromatic heterocycles. The van der Waals surface area contributed by atoms with E-state index in [0.29, 0.717) is 0 Å². The first-order valence-corrected chi connectivity index (χ1v) is 12.0. The molecule has 0 aromatic carbocycles. The Morgan fingerprint density at radius 3 is 1.41 bits per heavy atom. The first-order valence-electron chi connectivity index (χ1n) is 12.0. The van der Waals surface area contributed by atoms with Crippen molar-refractivity contribution in [3.8, 4) is 0 Å². The van der Waals surface area contributed by atoms with E-state index in [4.69, 9.17) is 4.74 Å². The van der Waals surface area contributed by atoms with Gasteiger partial charge in [-0.15, -0.1) is 0 Å². The summed E-state index contributed by atoms with van der Waals surface area (Å²) in [6, 6.07) is 0. The van der Waals surface area contributed by atoms with Gasteiger partial charge < -0.3 is 24.9 Å². The molecule has 0 aliphatic rings. The van der Waals surface area contributed by atoms with Gasteiger partial charge in [-0.25, -0.2) is 4.79 Å². The molecule has 0 amide bonds. The second-order valence-electron chi connectivity index (χ2n) is 8.23. The van der Waals surface area contributed by atoms with Gasteiger partial charge in [-0.3, -0.25) is 4.79 Å². The van der Waals surface area contributed by atoms with Gasteiger partial charge in [0.05, 0.1) is 5.97 Å². The van der Waals surface area contributed by atoms with E-state index in [1.165, 1.54) is 90.9 Å². The molecule has 0 heterocycles. The third-order valence-corrected chi connectivity index (χ3v) is 5.25. The molecule has 0 aromatic rings. The van der Waals surface area contributed by atoms with E-state index < -0.39 is 30.1 Å². The zero-order valence-electron chi connectivity index (χ0n) is 20.9. The maximum Gasteiger partial charge on any atom is 1.00 e. The molecule has 32 heavy (non-hydrogen) atoms. The average molecular weight is 469 g/mol. The summed E-state index contributed by atoms with van der Waals surface area (Å²) in [5.41, 5.74) is 0. The molecule has 0 spiro atoms. The van der Waals surface area contributed by atoms with Gasteiger partial charge in [0.25, 0.3) is 0 Å². The van der Waals surface area contributed by atoms with Crippen LogP contribution >= 0.6 is 0 Å². The number of esters is 2. The van der Waals surface area contributed by atoms with Crippen LogP contribution in [0.25, 0.3) is 0 Å². The van der Waals surface area contributed by atoms with Gasteiger partial charge in [0.2, 0.25) is 0 Å². The average Bonchev–Trinajstić information content (AvgIpc) is 2.70. The summed E-state index contributed by atoms with van der Waals surface area (Å²) in [6.07, 6.45) is 16.6. The monoisotopic (exact) mass is 468 g/mol. The SMILES string of the molecule is CCCCCCCCCCCCCCCCCC(=O)OC(C)C(=O)OC(C)C(=O)[O-].O.[Na+]. The van der Waals surface area contributed by atoms with Gasteiger partial charge in [-0.05, 0) is 20.3 Å². The molecule has 2 N–H and O–H groups in total. The number of unbranched alkanes of at least 4 members (excludes halogenated alkanes) is 14. The maximum atomic E-state index is 11.8. The molecule has 2 unspecified atom stereocenters.